The number of hydrogen-bond acceptors (Lipinski definition) is 5. The van der Waals surface area contributed by atoms with Gasteiger partial charge in [-0.15, -0.1) is 0 Å². The summed E-state index contributed by atoms with van der Waals surface area (Å²) >= 11 is 0. The SMILES string of the molecule is CCCCCCCCCCCC/C=C/C(O)C(CO)NC(=O)CCCCC/C=C\CCCCCCCCOC(=O)CCCCCCCCCCCCCCCCC. The molecule has 0 radical (unpaired) electrons. The number of nitrogens with one attached hydrogen (secondary N) is 1. The number of amides is 1. The van der Waals surface area contributed by atoms with Crippen LogP contribution in [0.2, 0.25) is 0 Å². The molecule has 6 heteroatoms. The van der Waals surface area contributed by atoms with E-state index >= 15 is 0 Å². The van der Waals surface area contributed by atoms with Gasteiger partial charge in [-0.05, 0) is 57.8 Å². The largest absolute Gasteiger partial charge is 0.466 e. The summed E-state index contributed by atoms with van der Waals surface area (Å²) in [5.41, 5.74) is 0. The van der Waals surface area contributed by atoms with Crippen LogP contribution in [-0.4, -0.2) is 47.4 Å². The van der Waals surface area contributed by atoms with Crippen LogP contribution in [0.15, 0.2) is 24.3 Å². The minimum atomic E-state index is -0.859. The van der Waals surface area contributed by atoms with Gasteiger partial charge in [0, 0.05) is 12.8 Å². The fraction of sp³-hybridized carbons (Fsp3) is 0.882. The van der Waals surface area contributed by atoms with E-state index in [0.29, 0.717) is 19.4 Å². The fourth-order valence-corrected chi connectivity index (χ4v) is 7.57. The van der Waals surface area contributed by atoms with Crippen molar-refractivity contribution in [2.45, 2.75) is 276 Å². The molecule has 336 valence electrons. The predicted molar refractivity (Wildman–Crippen MR) is 246 cm³/mol. The van der Waals surface area contributed by atoms with Gasteiger partial charge in [-0.2, -0.15) is 0 Å². The molecule has 0 aromatic rings. The summed E-state index contributed by atoms with van der Waals surface area (Å²) in [4.78, 5) is 24.4. The van der Waals surface area contributed by atoms with Crippen LogP contribution in [0.4, 0.5) is 0 Å². The van der Waals surface area contributed by atoms with Crippen molar-refractivity contribution < 1.29 is 24.5 Å². The second kappa shape index (κ2) is 47.0. The number of carbonyl (C=O) groups excluding carboxylic acids is 2. The molecule has 57 heavy (non-hydrogen) atoms. The lowest BCUT2D eigenvalue weighted by atomic mass is 10.0. The topological polar surface area (TPSA) is 95.9 Å². The third-order valence-corrected chi connectivity index (χ3v) is 11.5. The highest BCUT2D eigenvalue weighted by molar-refractivity contribution is 5.76. The highest BCUT2D eigenvalue weighted by Gasteiger charge is 2.18. The van der Waals surface area contributed by atoms with E-state index in [0.717, 1.165) is 70.6 Å². The maximum atomic E-state index is 12.4. The standard InChI is InChI=1S/C51H97NO5/c1-3-5-7-9-11-13-15-17-18-21-25-29-33-37-41-45-51(56)57-46-42-38-34-30-26-22-19-20-24-28-32-36-40-44-50(55)52-48(47-53)49(54)43-39-35-31-27-23-16-14-12-10-8-6-4-2/h20,24,39,43,48-49,53-54H,3-19,21-23,25-38,40-42,44-47H2,1-2H3,(H,52,55)/b24-20-,43-39+. The molecule has 0 aliphatic rings. The van der Waals surface area contributed by atoms with Crippen LogP contribution in [-0.2, 0) is 14.3 Å². The lowest BCUT2D eigenvalue weighted by Crippen LogP contribution is -2.45. The summed E-state index contributed by atoms with van der Waals surface area (Å²) in [5.74, 6) is -0.110. The van der Waals surface area contributed by atoms with E-state index in [4.69, 9.17) is 4.74 Å². The van der Waals surface area contributed by atoms with Gasteiger partial charge in [0.1, 0.15) is 0 Å². The first-order valence-electron chi connectivity index (χ1n) is 25.1. The number of carbonyl (C=O) groups is 2. The van der Waals surface area contributed by atoms with E-state index in [1.165, 1.54) is 167 Å². The Kier molecular flexibility index (Phi) is 45.7. The molecule has 2 unspecified atom stereocenters. The van der Waals surface area contributed by atoms with Crippen molar-refractivity contribution in [3.63, 3.8) is 0 Å². The normalized spacial score (nSPS) is 12.8. The molecule has 3 N–H and O–H groups in total. The number of aliphatic hydroxyl groups excluding tert-OH is 2. The van der Waals surface area contributed by atoms with Crippen LogP contribution in [0.5, 0.6) is 0 Å². The Balaban J connectivity index is 3.51. The maximum absolute atomic E-state index is 12.4. The van der Waals surface area contributed by atoms with Crippen LogP contribution in [0.3, 0.4) is 0 Å². The number of unbranched alkanes of at least 4 members (excludes halogenated alkanes) is 33. The van der Waals surface area contributed by atoms with Gasteiger partial charge in [0.2, 0.25) is 5.91 Å². The van der Waals surface area contributed by atoms with Crippen molar-refractivity contribution >= 4 is 11.9 Å². The molecule has 0 fully saturated rings. The van der Waals surface area contributed by atoms with E-state index in [1.54, 1.807) is 6.08 Å². The molecule has 2 atom stereocenters. The van der Waals surface area contributed by atoms with Crippen LogP contribution in [0.1, 0.15) is 264 Å². The molecular formula is C51H97NO5. The van der Waals surface area contributed by atoms with Gasteiger partial charge in [0.05, 0.1) is 25.4 Å². The zero-order valence-electron chi connectivity index (χ0n) is 38.1. The number of aliphatic hydroxyl groups is 2. The predicted octanol–water partition coefficient (Wildman–Crippen LogP) is 14.7. The van der Waals surface area contributed by atoms with E-state index in [1.807, 2.05) is 6.08 Å². The molecule has 0 saturated carbocycles. The Labute approximate surface area is 354 Å². The lowest BCUT2D eigenvalue weighted by Gasteiger charge is -2.19. The number of esters is 1. The van der Waals surface area contributed by atoms with Gasteiger partial charge in [0.15, 0.2) is 0 Å². The highest BCUT2D eigenvalue weighted by Crippen LogP contribution is 2.15. The Bertz CT molecular complexity index is 889. The first-order chi connectivity index (χ1) is 28.0. The summed E-state index contributed by atoms with van der Waals surface area (Å²) in [5, 5.41) is 23.0. The molecular weight excluding hydrogens is 707 g/mol. The quantitative estimate of drug-likeness (QED) is 0.0324. The average Bonchev–Trinajstić information content (AvgIpc) is 3.21. The van der Waals surface area contributed by atoms with Crippen molar-refractivity contribution in [3.05, 3.63) is 24.3 Å². The molecule has 0 heterocycles. The van der Waals surface area contributed by atoms with Crippen LogP contribution in [0.25, 0.3) is 0 Å². The second-order valence-electron chi connectivity index (χ2n) is 17.1. The van der Waals surface area contributed by atoms with Gasteiger partial charge in [-0.3, -0.25) is 9.59 Å². The first-order valence-corrected chi connectivity index (χ1v) is 25.1. The molecule has 6 nitrogen and oxygen atoms in total. The molecule has 1 amide bonds. The fourth-order valence-electron chi connectivity index (χ4n) is 7.57. The monoisotopic (exact) mass is 804 g/mol. The minimum absolute atomic E-state index is 0.0117. The zero-order valence-corrected chi connectivity index (χ0v) is 38.1. The Morgan fingerprint density at radius 1 is 0.474 bits per heavy atom. The van der Waals surface area contributed by atoms with Crippen LogP contribution >= 0.6 is 0 Å². The van der Waals surface area contributed by atoms with E-state index in [9.17, 15) is 19.8 Å². The Hall–Kier alpha value is -1.66. The van der Waals surface area contributed by atoms with Crippen LogP contribution in [0, 0.1) is 0 Å². The van der Waals surface area contributed by atoms with Gasteiger partial charge in [-0.1, -0.05) is 218 Å². The van der Waals surface area contributed by atoms with Crippen molar-refractivity contribution in [2.75, 3.05) is 13.2 Å². The van der Waals surface area contributed by atoms with Gasteiger partial charge in [-0.25, -0.2) is 0 Å². The van der Waals surface area contributed by atoms with Gasteiger partial charge >= 0.3 is 5.97 Å². The molecule has 0 spiro atoms. The molecule has 0 aliphatic heterocycles. The Morgan fingerprint density at radius 2 is 0.825 bits per heavy atom. The summed E-state index contributed by atoms with van der Waals surface area (Å²) in [6, 6.07) is -0.646. The molecule has 0 aromatic heterocycles. The minimum Gasteiger partial charge on any atom is -0.466 e. The lowest BCUT2D eigenvalue weighted by molar-refractivity contribution is -0.143. The van der Waals surface area contributed by atoms with Gasteiger partial charge in [0.25, 0.3) is 0 Å². The number of hydrogen-bond donors (Lipinski definition) is 3. The number of rotatable bonds is 46. The van der Waals surface area contributed by atoms with Crippen molar-refractivity contribution in [1.82, 2.24) is 5.32 Å². The molecule has 0 aromatic carbocycles. The third-order valence-electron chi connectivity index (χ3n) is 11.5. The van der Waals surface area contributed by atoms with E-state index in [2.05, 4.69) is 31.3 Å². The van der Waals surface area contributed by atoms with Gasteiger partial charge < -0.3 is 20.3 Å². The third kappa shape index (κ3) is 43.7. The molecule has 0 aliphatic carbocycles. The van der Waals surface area contributed by atoms with E-state index < -0.39 is 12.1 Å². The summed E-state index contributed by atoms with van der Waals surface area (Å²) in [7, 11) is 0. The first kappa shape index (κ1) is 55.3. The summed E-state index contributed by atoms with van der Waals surface area (Å²) in [6.07, 6.45) is 54.6. The van der Waals surface area contributed by atoms with Crippen molar-refractivity contribution in [3.8, 4) is 0 Å². The van der Waals surface area contributed by atoms with Crippen molar-refractivity contribution in [2.24, 2.45) is 0 Å². The smallest absolute Gasteiger partial charge is 0.305 e. The summed E-state index contributed by atoms with van der Waals surface area (Å²) in [6.45, 7) is 4.85. The molecule has 0 saturated heterocycles. The van der Waals surface area contributed by atoms with Crippen LogP contribution < -0.4 is 5.32 Å². The van der Waals surface area contributed by atoms with Crippen molar-refractivity contribution in [1.29, 1.82) is 0 Å². The maximum Gasteiger partial charge on any atom is 0.305 e. The number of allylic oxidation sites excluding steroid dienone is 3. The average molecular weight is 804 g/mol. The Morgan fingerprint density at radius 3 is 1.26 bits per heavy atom. The molecule has 0 rings (SSSR count). The number of ether oxygens (including phenoxy) is 1. The zero-order chi connectivity index (χ0) is 41.5. The van der Waals surface area contributed by atoms with E-state index in [-0.39, 0.29) is 18.5 Å². The summed E-state index contributed by atoms with van der Waals surface area (Å²) < 4.78 is 5.46. The highest BCUT2D eigenvalue weighted by atomic mass is 16.5. The second-order valence-corrected chi connectivity index (χ2v) is 17.1. The molecule has 0 bridgehead atoms.